The Morgan fingerprint density at radius 1 is 1.29 bits per heavy atom. The van der Waals surface area contributed by atoms with Gasteiger partial charge in [-0.3, -0.25) is 9.59 Å². The molecule has 24 heavy (non-hydrogen) atoms. The monoisotopic (exact) mass is 332 g/mol. The van der Waals surface area contributed by atoms with Crippen molar-refractivity contribution in [3.63, 3.8) is 0 Å². The molecule has 2 aliphatic rings. The van der Waals surface area contributed by atoms with Gasteiger partial charge < -0.3 is 25.6 Å². The van der Waals surface area contributed by atoms with E-state index >= 15 is 0 Å². The molecule has 2 heterocycles. The van der Waals surface area contributed by atoms with Gasteiger partial charge in [-0.1, -0.05) is 6.07 Å². The molecule has 2 fully saturated rings. The molecule has 4 amide bonds. The summed E-state index contributed by atoms with van der Waals surface area (Å²) in [4.78, 5) is 38.5. The van der Waals surface area contributed by atoms with Crippen LogP contribution in [-0.2, 0) is 9.59 Å². The van der Waals surface area contributed by atoms with Gasteiger partial charge in [0.1, 0.15) is 5.75 Å². The smallest absolute Gasteiger partial charge is 0.314 e. The second-order valence-corrected chi connectivity index (χ2v) is 6.06. The number of primary amides is 1. The number of likely N-dealkylation sites (tertiary alicyclic amines) is 1. The lowest BCUT2D eigenvalue weighted by Gasteiger charge is -2.38. The van der Waals surface area contributed by atoms with Crippen molar-refractivity contribution < 1.29 is 19.1 Å². The Morgan fingerprint density at radius 2 is 2.04 bits per heavy atom. The van der Waals surface area contributed by atoms with E-state index in [1.807, 2.05) is 12.1 Å². The van der Waals surface area contributed by atoms with Gasteiger partial charge >= 0.3 is 6.03 Å². The highest BCUT2D eigenvalue weighted by atomic mass is 16.5. The van der Waals surface area contributed by atoms with Crippen LogP contribution in [-0.4, -0.2) is 55.5 Å². The van der Waals surface area contributed by atoms with Gasteiger partial charge in [0.15, 0.2) is 0 Å². The molecule has 3 N–H and O–H groups in total. The third-order valence-electron chi connectivity index (χ3n) is 4.40. The quantitative estimate of drug-likeness (QED) is 0.805. The van der Waals surface area contributed by atoms with Crippen LogP contribution in [0.3, 0.4) is 0 Å². The predicted octanol–water partition coefficient (Wildman–Crippen LogP) is -0.0728. The highest BCUT2D eigenvalue weighted by Gasteiger charge is 2.38. The summed E-state index contributed by atoms with van der Waals surface area (Å²) in [7, 11) is 1.56. The molecular weight excluding hydrogens is 312 g/mol. The molecule has 2 aliphatic heterocycles. The number of hydrogen-bond donors (Lipinski definition) is 2. The largest absolute Gasteiger partial charge is 0.497 e. The van der Waals surface area contributed by atoms with Gasteiger partial charge in [-0.15, -0.1) is 0 Å². The first-order valence-electron chi connectivity index (χ1n) is 7.77. The molecule has 0 bridgehead atoms. The van der Waals surface area contributed by atoms with Gasteiger partial charge in [0.2, 0.25) is 11.8 Å². The van der Waals surface area contributed by atoms with E-state index in [0.29, 0.717) is 25.4 Å². The van der Waals surface area contributed by atoms with Gasteiger partial charge in [-0.25, -0.2) is 4.79 Å². The van der Waals surface area contributed by atoms with E-state index in [1.165, 1.54) is 4.90 Å². The Kier molecular flexibility index (Phi) is 4.28. The molecule has 1 aromatic carbocycles. The summed E-state index contributed by atoms with van der Waals surface area (Å²) >= 11 is 0. The summed E-state index contributed by atoms with van der Waals surface area (Å²) in [6.07, 6.45) is 0.176. The number of carbonyl (C=O) groups is 3. The summed E-state index contributed by atoms with van der Waals surface area (Å²) in [5.41, 5.74) is 5.87. The Bertz CT molecular complexity index is 672. The summed E-state index contributed by atoms with van der Waals surface area (Å²) in [5, 5.41) is 2.87. The number of urea groups is 1. The van der Waals surface area contributed by atoms with Crippen LogP contribution in [0, 0.1) is 5.92 Å². The second kappa shape index (κ2) is 6.38. The van der Waals surface area contributed by atoms with E-state index in [4.69, 9.17) is 10.5 Å². The Labute approximate surface area is 139 Å². The van der Waals surface area contributed by atoms with Crippen LogP contribution in [0.1, 0.15) is 6.42 Å². The molecule has 0 spiro atoms. The van der Waals surface area contributed by atoms with Crippen LogP contribution in [0.2, 0.25) is 0 Å². The third-order valence-corrected chi connectivity index (χ3v) is 4.40. The van der Waals surface area contributed by atoms with Crippen LogP contribution in [0.5, 0.6) is 5.75 Å². The zero-order valence-electron chi connectivity index (χ0n) is 13.4. The Hall–Kier alpha value is -2.77. The third kappa shape index (κ3) is 3.12. The lowest BCUT2D eigenvalue weighted by atomic mass is 10.1. The number of anilines is 1. The van der Waals surface area contributed by atoms with E-state index < -0.39 is 11.9 Å². The second-order valence-electron chi connectivity index (χ2n) is 6.06. The average Bonchev–Trinajstić information content (AvgIpc) is 2.92. The lowest BCUT2D eigenvalue weighted by Crippen LogP contribution is -2.62. The van der Waals surface area contributed by atoms with Crippen LogP contribution in [0.15, 0.2) is 24.3 Å². The van der Waals surface area contributed by atoms with Crippen LogP contribution < -0.4 is 20.7 Å². The molecule has 0 aromatic heterocycles. The van der Waals surface area contributed by atoms with E-state index in [2.05, 4.69) is 5.32 Å². The fourth-order valence-electron chi connectivity index (χ4n) is 2.98. The molecule has 8 heteroatoms. The summed E-state index contributed by atoms with van der Waals surface area (Å²) in [5.74, 6) is 0.0131. The van der Waals surface area contributed by atoms with Crippen LogP contribution >= 0.6 is 0 Å². The molecule has 1 aromatic rings. The van der Waals surface area contributed by atoms with E-state index in [9.17, 15) is 14.4 Å². The Balaban J connectivity index is 1.58. The topological polar surface area (TPSA) is 105 Å². The summed E-state index contributed by atoms with van der Waals surface area (Å²) < 4.78 is 5.17. The molecule has 0 aliphatic carbocycles. The first-order valence-corrected chi connectivity index (χ1v) is 7.77. The highest BCUT2D eigenvalue weighted by Crippen LogP contribution is 2.28. The minimum Gasteiger partial charge on any atom is -0.497 e. The molecule has 0 radical (unpaired) electrons. The lowest BCUT2D eigenvalue weighted by molar-refractivity contribution is -0.127. The maximum Gasteiger partial charge on any atom is 0.314 e. The molecule has 8 nitrogen and oxygen atoms in total. The van der Waals surface area contributed by atoms with E-state index in [-0.39, 0.29) is 24.3 Å². The number of nitrogens with two attached hydrogens (primary N) is 1. The first kappa shape index (κ1) is 16.1. The normalized spacial score (nSPS) is 20.7. The minimum absolute atomic E-state index is 0.0872. The maximum atomic E-state index is 12.3. The number of benzene rings is 1. The van der Waals surface area contributed by atoms with Crippen molar-refractivity contribution in [3.05, 3.63) is 24.3 Å². The average molecular weight is 332 g/mol. The van der Waals surface area contributed by atoms with Gasteiger partial charge in [-0.2, -0.15) is 0 Å². The number of nitrogens with one attached hydrogen (secondary N) is 1. The zero-order valence-corrected chi connectivity index (χ0v) is 13.4. The molecule has 1 atom stereocenters. The SMILES string of the molecule is COc1cccc(N2CC(C(=O)NC3CN(C(N)=O)C3)CC2=O)c1. The van der Waals surface area contributed by atoms with E-state index in [1.54, 1.807) is 24.1 Å². The minimum atomic E-state index is -0.485. The molecule has 2 saturated heterocycles. The van der Waals surface area contributed by atoms with Crippen LogP contribution in [0.4, 0.5) is 10.5 Å². The molecular formula is C16H20N4O4. The zero-order chi connectivity index (χ0) is 17.3. The van der Waals surface area contributed by atoms with Gasteiger partial charge in [0, 0.05) is 37.8 Å². The summed E-state index contributed by atoms with van der Waals surface area (Å²) in [6, 6.07) is 6.62. The van der Waals surface area contributed by atoms with Gasteiger partial charge in [-0.05, 0) is 12.1 Å². The van der Waals surface area contributed by atoms with Gasteiger partial charge in [0.25, 0.3) is 0 Å². The van der Waals surface area contributed by atoms with Crippen molar-refractivity contribution in [1.29, 1.82) is 0 Å². The van der Waals surface area contributed by atoms with Crippen molar-refractivity contribution >= 4 is 23.5 Å². The van der Waals surface area contributed by atoms with Crippen molar-refractivity contribution in [2.75, 3.05) is 31.6 Å². The molecule has 3 rings (SSSR count). The fourth-order valence-corrected chi connectivity index (χ4v) is 2.98. The first-order chi connectivity index (χ1) is 11.5. The number of nitrogens with zero attached hydrogens (tertiary/aromatic N) is 2. The molecule has 1 unspecified atom stereocenters. The number of rotatable bonds is 4. The summed E-state index contributed by atoms with van der Waals surface area (Å²) in [6.45, 7) is 1.17. The van der Waals surface area contributed by atoms with Crippen molar-refractivity contribution in [1.82, 2.24) is 10.2 Å². The van der Waals surface area contributed by atoms with E-state index in [0.717, 1.165) is 5.69 Å². The Morgan fingerprint density at radius 3 is 2.71 bits per heavy atom. The standard InChI is InChI=1S/C16H20N4O4/c1-24-13-4-2-3-12(6-13)20-7-10(5-14(20)21)15(22)18-11-8-19(9-11)16(17)23/h2-4,6,10-11H,5,7-9H2,1H3,(H2,17,23)(H,18,22). The number of amides is 4. The fraction of sp³-hybridized carbons (Fsp3) is 0.438. The number of methoxy groups -OCH3 is 1. The predicted molar refractivity (Wildman–Crippen MR) is 86.5 cm³/mol. The van der Waals surface area contributed by atoms with Gasteiger partial charge in [0.05, 0.1) is 19.1 Å². The molecule has 128 valence electrons. The van der Waals surface area contributed by atoms with Crippen molar-refractivity contribution in [2.45, 2.75) is 12.5 Å². The number of hydrogen-bond acceptors (Lipinski definition) is 4. The van der Waals surface area contributed by atoms with Crippen LogP contribution in [0.25, 0.3) is 0 Å². The molecule has 0 saturated carbocycles. The maximum absolute atomic E-state index is 12.3. The highest BCUT2D eigenvalue weighted by molar-refractivity contribution is 6.00. The van der Waals surface area contributed by atoms with Crippen molar-refractivity contribution in [3.8, 4) is 5.75 Å². The number of ether oxygens (including phenoxy) is 1. The van der Waals surface area contributed by atoms with Crippen molar-refractivity contribution in [2.24, 2.45) is 11.7 Å². The number of carbonyl (C=O) groups excluding carboxylic acids is 3.